The molecular weight excluding hydrogens is 164 g/mol. The Morgan fingerprint density at radius 2 is 1.85 bits per heavy atom. The number of ether oxygens (including phenoxy) is 1. The summed E-state index contributed by atoms with van der Waals surface area (Å²) in [5.74, 6) is 0.641. The van der Waals surface area contributed by atoms with Crippen molar-refractivity contribution in [3.63, 3.8) is 0 Å². The number of nitrogens with zero attached hydrogens (tertiary/aromatic N) is 1. The Labute approximate surface area is 81.4 Å². The number of hydrogen-bond donors (Lipinski definition) is 1. The summed E-state index contributed by atoms with van der Waals surface area (Å²) < 4.78 is 5.44. The van der Waals surface area contributed by atoms with Gasteiger partial charge in [-0.3, -0.25) is 4.99 Å². The third kappa shape index (κ3) is 2.99. The second kappa shape index (κ2) is 5.97. The first-order chi connectivity index (χ1) is 6.16. The van der Waals surface area contributed by atoms with Gasteiger partial charge in [0.05, 0.1) is 0 Å². The Morgan fingerprint density at radius 3 is 2.15 bits per heavy atom. The number of methoxy groups -OCH3 is 1. The van der Waals surface area contributed by atoms with Gasteiger partial charge in [-0.15, -0.1) is 0 Å². The quantitative estimate of drug-likeness (QED) is 0.509. The van der Waals surface area contributed by atoms with Crippen molar-refractivity contribution in [3.8, 4) is 0 Å². The van der Waals surface area contributed by atoms with E-state index in [4.69, 9.17) is 10.5 Å². The van der Waals surface area contributed by atoms with Crippen LogP contribution in [-0.2, 0) is 4.74 Å². The van der Waals surface area contributed by atoms with Crippen molar-refractivity contribution in [2.24, 2.45) is 10.7 Å². The first kappa shape index (κ1) is 12.4. The molecule has 2 N–H and O–H groups in total. The highest BCUT2D eigenvalue weighted by Crippen LogP contribution is 2.19. The summed E-state index contributed by atoms with van der Waals surface area (Å²) >= 11 is 0. The second-order valence-electron chi connectivity index (χ2n) is 3.17. The number of rotatable bonds is 6. The van der Waals surface area contributed by atoms with Gasteiger partial charge in [-0.25, -0.2) is 0 Å². The molecule has 78 valence electrons. The molecule has 0 unspecified atom stereocenters. The Balaban J connectivity index is 4.52. The van der Waals surface area contributed by atoms with Crippen LogP contribution in [0.25, 0.3) is 0 Å². The zero-order chi connectivity index (χ0) is 10.3. The molecule has 0 aliphatic heterocycles. The summed E-state index contributed by atoms with van der Waals surface area (Å²) in [7, 11) is 1.70. The highest BCUT2D eigenvalue weighted by molar-refractivity contribution is 5.89. The third-order valence-corrected chi connectivity index (χ3v) is 2.51. The lowest BCUT2D eigenvalue weighted by Crippen LogP contribution is -2.44. The Hall–Kier alpha value is -0.570. The van der Waals surface area contributed by atoms with E-state index in [0.29, 0.717) is 5.84 Å². The van der Waals surface area contributed by atoms with Crippen molar-refractivity contribution in [2.75, 3.05) is 13.7 Å². The standard InChI is InChI=1S/C10H22N2O/c1-5-8-12-9(11)10(6-2,7-3)13-4/h5-8H2,1-4H3,(H2,11,12). The van der Waals surface area contributed by atoms with E-state index in [1.54, 1.807) is 7.11 Å². The van der Waals surface area contributed by atoms with Crippen molar-refractivity contribution in [1.82, 2.24) is 0 Å². The minimum atomic E-state index is -0.338. The van der Waals surface area contributed by atoms with E-state index in [1.165, 1.54) is 0 Å². The van der Waals surface area contributed by atoms with E-state index in [-0.39, 0.29) is 5.60 Å². The van der Waals surface area contributed by atoms with Crippen LogP contribution in [-0.4, -0.2) is 25.1 Å². The molecule has 0 fully saturated rings. The largest absolute Gasteiger partial charge is 0.385 e. The topological polar surface area (TPSA) is 47.6 Å². The van der Waals surface area contributed by atoms with E-state index in [0.717, 1.165) is 25.8 Å². The average molecular weight is 186 g/mol. The zero-order valence-corrected chi connectivity index (χ0v) is 9.26. The van der Waals surface area contributed by atoms with Gasteiger partial charge >= 0.3 is 0 Å². The molecule has 0 heterocycles. The summed E-state index contributed by atoms with van der Waals surface area (Å²) in [4.78, 5) is 4.30. The Morgan fingerprint density at radius 1 is 1.31 bits per heavy atom. The summed E-state index contributed by atoms with van der Waals surface area (Å²) in [5, 5.41) is 0. The molecule has 0 aromatic rings. The first-order valence-corrected chi connectivity index (χ1v) is 5.02. The molecule has 13 heavy (non-hydrogen) atoms. The maximum Gasteiger partial charge on any atom is 0.126 e. The predicted molar refractivity (Wildman–Crippen MR) is 57.1 cm³/mol. The van der Waals surface area contributed by atoms with Gasteiger partial charge in [-0.2, -0.15) is 0 Å². The molecule has 0 aliphatic rings. The van der Waals surface area contributed by atoms with Gasteiger partial charge in [-0.1, -0.05) is 20.8 Å². The molecular formula is C10H22N2O. The normalized spacial score (nSPS) is 13.4. The van der Waals surface area contributed by atoms with Crippen LogP contribution in [0.4, 0.5) is 0 Å². The predicted octanol–water partition coefficient (Wildman–Crippen LogP) is 1.96. The third-order valence-electron chi connectivity index (χ3n) is 2.51. The van der Waals surface area contributed by atoms with Crippen LogP contribution in [0.2, 0.25) is 0 Å². The number of hydrogen-bond acceptors (Lipinski definition) is 2. The summed E-state index contributed by atoms with van der Waals surface area (Å²) in [6.45, 7) is 7.02. The van der Waals surface area contributed by atoms with Crippen molar-refractivity contribution in [3.05, 3.63) is 0 Å². The van der Waals surface area contributed by atoms with E-state index in [9.17, 15) is 0 Å². The Bertz CT molecular complexity index is 154. The highest BCUT2D eigenvalue weighted by Gasteiger charge is 2.29. The summed E-state index contributed by atoms with van der Waals surface area (Å²) in [6, 6.07) is 0. The smallest absolute Gasteiger partial charge is 0.126 e. The molecule has 0 aromatic carbocycles. The highest BCUT2D eigenvalue weighted by atomic mass is 16.5. The van der Waals surface area contributed by atoms with Gasteiger partial charge in [0, 0.05) is 13.7 Å². The van der Waals surface area contributed by atoms with E-state index in [1.807, 2.05) is 0 Å². The van der Waals surface area contributed by atoms with Crippen LogP contribution >= 0.6 is 0 Å². The van der Waals surface area contributed by atoms with Gasteiger partial charge < -0.3 is 10.5 Å². The molecule has 0 radical (unpaired) electrons. The van der Waals surface area contributed by atoms with Gasteiger partial charge in [0.2, 0.25) is 0 Å². The van der Waals surface area contributed by atoms with Crippen molar-refractivity contribution in [1.29, 1.82) is 0 Å². The molecule has 0 rings (SSSR count). The van der Waals surface area contributed by atoms with E-state index in [2.05, 4.69) is 25.8 Å². The molecule has 0 amide bonds. The van der Waals surface area contributed by atoms with Crippen molar-refractivity contribution >= 4 is 5.84 Å². The van der Waals surface area contributed by atoms with Gasteiger partial charge in [0.1, 0.15) is 11.4 Å². The molecule has 0 atom stereocenters. The van der Waals surface area contributed by atoms with E-state index >= 15 is 0 Å². The monoisotopic (exact) mass is 186 g/mol. The van der Waals surface area contributed by atoms with E-state index < -0.39 is 0 Å². The van der Waals surface area contributed by atoms with Crippen LogP contribution in [0, 0.1) is 0 Å². The lowest BCUT2D eigenvalue weighted by molar-refractivity contribution is 0.0422. The molecule has 3 nitrogen and oxygen atoms in total. The maximum atomic E-state index is 5.90. The van der Waals surface area contributed by atoms with Crippen LogP contribution in [0.5, 0.6) is 0 Å². The summed E-state index contributed by atoms with van der Waals surface area (Å²) in [5.41, 5.74) is 5.56. The average Bonchev–Trinajstić information content (AvgIpc) is 2.18. The number of aliphatic imine (C=N–C) groups is 1. The SMILES string of the molecule is CCCN=C(N)C(CC)(CC)OC. The molecule has 0 saturated heterocycles. The maximum absolute atomic E-state index is 5.90. The lowest BCUT2D eigenvalue weighted by atomic mass is 9.96. The minimum absolute atomic E-state index is 0.338. The number of amidine groups is 1. The second-order valence-corrected chi connectivity index (χ2v) is 3.17. The fourth-order valence-electron chi connectivity index (χ4n) is 1.38. The number of nitrogens with two attached hydrogens (primary N) is 1. The van der Waals surface area contributed by atoms with Crippen LogP contribution in [0.3, 0.4) is 0 Å². The van der Waals surface area contributed by atoms with Crippen LogP contribution < -0.4 is 5.73 Å². The van der Waals surface area contributed by atoms with Crippen molar-refractivity contribution in [2.45, 2.75) is 45.6 Å². The molecule has 3 heteroatoms. The fraction of sp³-hybridized carbons (Fsp3) is 0.900. The molecule has 0 aromatic heterocycles. The van der Waals surface area contributed by atoms with Gasteiger partial charge in [-0.05, 0) is 19.3 Å². The molecule has 0 spiro atoms. The molecule has 0 bridgehead atoms. The van der Waals surface area contributed by atoms with Gasteiger partial charge in [0.15, 0.2) is 0 Å². The fourth-order valence-corrected chi connectivity index (χ4v) is 1.38. The summed E-state index contributed by atoms with van der Waals surface area (Å²) in [6.07, 6.45) is 2.77. The van der Waals surface area contributed by atoms with Crippen LogP contribution in [0.15, 0.2) is 4.99 Å². The van der Waals surface area contributed by atoms with Crippen LogP contribution in [0.1, 0.15) is 40.0 Å². The Kier molecular flexibility index (Phi) is 5.71. The van der Waals surface area contributed by atoms with Crippen molar-refractivity contribution < 1.29 is 4.74 Å². The minimum Gasteiger partial charge on any atom is -0.385 e. The molecule has 0 aliphatic carbocycles. The molecule has 0 saturated carbocycles. The first-order valence-electron chi connectivity index (χ1n) is 5.02. The lowest BCUT2D eigenvalue weighted by Gasteiger charge is -2.29. The van der Waals surface area contributed by atoms with Gasteiger partial charge in [0.25, 0.3) is 0 Å². The zero-order valence-electron chi connectivity index (χ0n) is 9.26.